The summed E-state index contributed by atoms with van der Waals surface area (Å²) >= 11 is 6.81. The first-order valence-corrected chi connectivity index (χ1v) is 11.6. The number of thiophene rings is 1. The molecule has 0 saturated heterocycles. The summed E-state index contributed by atoms with van der Waals surface area (Å²) < 4.78 is 24.8. The summed E-state index contributed by atoms with van der Waals surface area (Å²) in [5.74, 6) is -0.239. The summed E-state index contributed by atoms with van der Waals surface area (Å²) in [6.07, 6.45) is 2.37. The van der Waals surface area contributed by atoms with E-state index in [2.05, 4.69) is 15.3 Å². The van der Waals surface area contributed by atoms with Crippen molar-refractivity contribution < 1.29 is 13.2 Å². The first-order chi connectivity index (χ1) is 14.3. The van der Waals surface area contributed by atoms with Crippen molar-refractivity contribution in [2.24, 2.45) is 5.14 Å². The number of amides is 1. The quantitative estimate of drug-likeness (QED) is 0.456. The van der Waals surface area contributed by atoms with Crippen molar-refractivity contribution in [1.29, 1.82) is 0 Å². The number of aryl methyl sites for hydroxylation is 2. The van der Waals surface area contributed by atoms with E-state index in [1.54, 1.807) is 6.20 Å². The molecule has 0 unspecified atom stereocenters. The van der Waals surface area contributed by atoms with Crippen LogP contribution in [0.15, 0.2) is 58.9 Å². The second-order valence-corrected chi connectivity index (χ2v) is 9.84. The number of fused-ring (bicyclic) bond motifs is 1. The van der Waals surface area contributed by atoms with Crippen molar-refractivity contribution in [2.75, 3.05) is 5.32 Å². The van der Waals surface area contributed by atoms with Gasteiger partial charge >= 0.3 is 0 Å². The maximum absolute atomic E-state index is 12.8. The molecule has 4 rings (SSSR count). The van der Waals surface area contributed by atoms with Crippen LogP contribution in [0.4, 0.5) is 5.95 Å². The minimum absolute atomic E-state index is 0.0222. The van der Waals surface area contributed by atoms with Crippen molar-refractivity contribution >= 4 is 55.8 Å². The van der Waals surface area contributed by atoms with Gasteiger partial charge in [0.25, 0.3) is 5.91 Å². The van der Waals surface area contributed by atoms with Crippen LogP contribution in [0.25, 0.3) is 11.0 Å². The van der Waals surface area contributed by atoms with Crippen LogP contribution in [0.1, 0.15) is 16.1 Å². The number of rotatable bonds is 6. The molecule has 0 radical (unpaired) electrons. The van der Waals surface area contributed by atoms with E-state index in [1.165, 1.54) is 6.07 Å². The van der Waals surface area contributed by atoms with E-state index in [-0.39, 0.29) is 14.1 Å². The van der Waals surface area contributed by atoms with E-state index >= 15 is 0 Å². The number of hydrogen-bond donors (Lipinski definition) is 2. The fraction of sp³-hybridized carbons (Fsp3) is 0.105. The lowest BCUT2D eigenvalue weighted by Crippen LogP contribution is -2.17. The number of primary sulfonamides is 1. The van der Waals surface area contributed by atoms with Crippen LogP contribution in [0, 0.1) is 0 Å². The van der Waals surface area contributed by atoms with E-state index in [0.717, 1.165) is 28.1 Å². The van der Waals surface area contributed by atoms with Gasteiger partial charge in [0.15, 0.2) is 0 Å². The zero-order valence-corrected chi connectivity index (χ0v) is 17.8. The molecule has 11 heteroatoms. The number of hydrogen-bond acceptors (Lipinski definition) is 6. The molecule has 3 N–H and O–H groups in total. The van der Waals surface area contributed by atoms with Crippen LogP contribution in [0.3, 0.4) is 0 Å². The first-order valence-electron chi connectivity index (χ1n) is 8.81. The summed E-state index contributed by atoms with van der Waals surface area (Å²) in [5, 5.41) is 7.87. The molecule has 154 valence electrons. The highest BCUT2D eigenvalue weighted by Gasteiger charge is 2.22. The molecule has 1 amide bonds. The lowest BCUT2D eigenvalue weighted by molar-refractivity contribution is 0.102. The topological polar surface area (TPSA) is 120 Å². The van der Waals surface area contributed by atoms with Gasteiger partial charge in [-0.05, 0) is 30.3 Å². The number of carbonyl (C=O) groups excluding carboxylic acids is 1. The van der Waals surface area contributed by atoms with Gasteiger partial charge in [-0.2, -0.15) is 0 Å². The molecule has 0 bridgehead atoms. The predicted octanol–water partition coefficient (Wildman–Crippen LogP) is 3.29. The molecule has 4 aromatic rings. The van der Waals surface area contributed by atoms with Gasteiger partial charge in [0.1, 0.15) is 8.55 Å². The highest BCUT2D eigenvalue weighted by atomic mass is 35.5. The number of aromatic nitrogens is 3. The Labute approximate surface area is 181 Å². The molecule has 0 atom stereocenters. The summed E-state index contributed by atoms with van der Waals surface area (Å²) in [5.41, 5.74) is 2.50. The number of carbonyl (C=O) groups is 1. The van der Waals surface area contributed by atoms with Gasteiger partial charge in [-0.25, -0.2) is 18.5 Å². The highest BCUT2D eigenvalue weighted by molar-refractivity contribution is 7.91. The largest absolute Gasteiger partial charge is 0.310 e. The molecule has 0 aliphatic rings. The minimum Gasteiger partial charge on any atom is -0.310 e. The molecular weight excluding hydrogens is 446 g/mol. The number of benzene rings is 1. The molecule has 3 aromatic heterocycles. The lowest BCUT2D eigenvalue weighted by atomic mass is 10.2. The summed E-state index contributed by atoms with van der Waals surface area (Å²) in [6, 6.07) is 14.4. The number of anilines is 1. The Kier molecular flexibility index (Phi) is 5.56. The van der Waals surface area contributed by atoms with Crippen LogP contribution in [0.5, 0.6) is 0 Å². The average Bonchev–Trinajstić information content (AvgIpc) is 3.27. The second-order valence-electron chi connectivity index (χ2n) is 6.40. The number of pyridine rings is 1. The maximum atomic E-state index is 12.8. The van der Waals surface area contributed by atoms with Crippen LogP contribution < -0.4 is 10.5 Å². The molecule has 30 heavy (non-hydrogen) atoms. The second kappa shape index (κ2) is 8.15. The number of nitrogens with zero attached hydrogens (tertiary/aromatic N) is 3. The third-order valence-corrected chi connectivity index (χ3v) is 7.17. The average molecular weight is 462 g/mol. The predicted molar refractivity (Wildman–Crippen MR) is 116 cm³/mol. The number of para-hydroxylation sites is 2. The number of halogens is 1. The zero-order chi connectivity index (χ0) is 21.3. The standard InChI is InChI=1S/C19H16ClN5O3S2/c20-17-13(11-16(29-17)30(21,27)28)18(26)24-19-23-14-6-1-2-7-15(14)25(19)10-8-12-5-3-4-9-22-12/h1-7,9,11H,8,10H2,(H2,21,27,28)(H,23,24,26). The summed E-state index contributed by atoms with van der Waals surface area (Å²) in [4.78, 5) is 21.6. The van der Waals surface area contributed by atoms with Gasteiger partial charge in [-0.3, -0.25) is 15.1 Å². The van der Waals surface area contributed by atoms with Crippen molar-refractivity contribution in [1.82, 2.24) is 14.5 Å². The van der Waals surface area contributed by atoms with Crippen LogP contribution in [0.2, 0.25) is 4.34 Å². The van der Waals surface area contributed by atoms with Crippen molar-refractivity contribution in [3.05, 3.63) is 70.3 Å². The van der Waals surface area contributed by atoms with Crippen LogP contribution >= 0.6 is 22.9 Å². The van der Waals surface area contributed by atoms with E-state index in [4.69, 9.17) is 16.7 Å². The molecule has 0 aliphatic carbocycles. The zero-order valence-electron chi connectivity index (χ0n) is 15.4. The number of sulfonamides is 1. The summed E-state index contributed by atoms with van der Waals surface area (Å²) in [7, 11) is -3.95. The fourth-order valence-corrected chi connectivity index (χ4v) is 5.12. The molecule has 0 fully saturated rings. The van der Waals surface area contributed by atoms with Crippen molar-refractivity contribution in [2.45, 2.75) is 17.2 Å². The number of nitrogens with two attached hydrogens (primary N) is 1. The third-order valence-electron chi connectivity index (χ3n) is 4.39. The number of nitrogens with one attached hydrogen (secondary N) is 1. The van der Waals surface area contributed by atoms with Gasteiger partial charge in [-0.15, -0.1) is 11.3 Å². The first kappa shape index (κ1) is 20.5. The Morgan fingerprint density at radius 2 is 1.97 bits per heavy atom. The van der Waals surface area contributed by atoms with Gasteiger partial charge < -0.3 is 4.57 Å². The Morgan fingerprint density at radius 1 is 1.20 bits per heavy atom. The molecule has 1 aromatic carbocycles. The SMILES string of the molecule is NS(=O)(=O)c1cc(C(=O)Nc2nc3ccccc3n2CCc2ccccn2)c(Cl)s1. The van der Waals surface area contributed by atoms with Gasteiger partial charge in [-0.1, -0.05) is 29.8 Å². The summed E-state index contributed by atoms with van der Waals surface area (Å²) in [6.45, 7) is 0.535. The van der Waals surface area contributed by atoms with E-state index < -0.39 is 15.9 Å². The van der Waals surface area contributed by atoms with E-state index in [0.29, 0.717) is 18.9 Å². The van der Waals surface area contributed by atoms with Gasteiger partial charge in [0, 0.05) is 24.9 Å². The molecule has 3 heterocycles. The normalized spacial score (nSPS) is 11.7. The lowest BCUT2D eigenvalue weighted by Gasteiger charge is -2.10. The molecule has 8 nitrogen and oxygen atoms in total. The minimum atomic E-state index is -3.95. The highest BCUT2D eigenvalue weighted by Crippen LogP contribution is 2.31. The Morgan fingerprint density at radius 3 is 2.67 bits per heavy atom. The van der Waals surface area contributed by atoms with Crippen LogP contribution in [-0.4, -0.2) is 28.9 Å². The Balaban J connectivity index is 1.65. The number of imidazole rings is 1. The Bertz CT molecular complexity index is 1330. The van der Waals surface area contributed by atoms with Gasteiger partial charge in [0.2, 0.25) is 16.0 Å². The smallest absolute Gasteiger partial charge is 0.260 e. The van der Waals surface area contributed by atoms with Gasteiger partial charge in [0.05, 0.1) is 16.6 Å². The monoisotopic (exact) mass is 461 g/mol. The molecule has 0 aliphatic heterocycles. The van der Waals surface area contributed by atoms with E-state index in [9.17, 15) is 13.2 Å². The van der Waals surface area contributed by atoms with Crippen molar-refractivity contribution in [3.8, 4) is 0 Å². The van der Waals surface area contributed by atoms with E-state index in [1.807, 2.05) is 47.0 Å². The third kappa shape index (κ3) is 4.21. The molecule has 0 spiro atoms. The van der Waals surface area contributed by atoms with Crippen molar-refractivity contribution in [3.63, 3.8) is 0 Å². The fourth-order valence-electron chi connectivity index (χ4n) is 2.98. The maximum Gasteiger partial charge on any atom is 0.260 e. The van der Waals surface area contributed by atoms with Crippen LogP contribution in [-0.2, 0) is 23.0 Å². The molecule has 0 saturated carbocycles. The Hall–Kier alpha value is -2.79. The molecular formula is C19H16ClN5O3S2.